The number of hydrogen-bond acceptors (Lipinski definition) is 7. The molecular formula is C22H31N3O4S. The second kappa shape index (κ2) is 9.16. The number of aromatic nitrogens is 2. The van der Waals surface area contributed by atoms with Crippen molar-refractivity contribution in [3.8, 4) is 0 Å². The lowest BCUT2D eigenvalue weighted by atomic mass is 9.89. The fraction of sp³-hybridized carbons (Fsp3) is 0.682. The Kier molecular flexibility index (Phi) is 6.55. The lowest BCUT2D eigenvalue weighted by Crippen LogP contribution is -2.37. The number of carbonyl (C=O) groups excluding carboxylic acids is 1. The van der Waals surface area contributed by atoms with E-state index in [2.05, 4.69) is 16.8 Å². The highest BCUT2D eigenvalue weighted by molar-refractivity contribution is 7.18. The third kappa shape index (κ3) is 4.92. The van der Waals surface area contributed by atoms with Crippen LogP contribution in [0.15, 0.2) is 4.79 Å². The topological polar surface area (TPSA) is 95.5 Å². The van der Waals surface area contributed by atoms with Gasteiger partial charge in [0.1, 0.15) is 23.4 Å². The van der Waals surface area contributed by atoms with Crippen molar-refractivity contribution in [3.05, 3.63) is 26.6 Å². The molecule has 0 saturated heterocycles. The van der Waals surface area contributed by atoms with Crippen LogP contribution in [0.1, 0.15) is 62.2 Å². The fourth-order valence-corrected chi connectivity index (χ4v) is 5.63. The fourth-order valence-electron chi connectivity index (χ4n) is 4.23. The normalized spacial score (nSPS) is 19.8. The molecule has 0 aromatic carbocycles. The number of fused-ring (bicyclic) bond motifs is 3. The molecular weight excluding hydrogens is 402 g/mol. The molecule has 2 aliphatic rings. The molecule has 2 aromatic rings. The Balaban J connectivity index is 1.46. The van der Waals surface area contributed by atoms with Gasteiger partial charge in [0.05, 0.1) is 11.9 Å². The zero-order valence-electron chi connectivity index (χ0n) is 17.8. The number of aryl methyl sites for hydroxylation is 1. The van der Waals surface area contributed by atoms with Crippen molar-refractivity contribution in [1.82, 2.24) is 14.9 Å². The molecule has 164 valence electrons. The molecule has 0 radical (unpaired) electrons. The third-order valence-electron chi connectivity index (χ3n) is 5.97. The van der Waals surface area contributed by atoms with Gasteiger partial charge in [-0.05, 0) is 50.0 Å². The van der Waals surface area contributed by atoms with E-state index < -0.39 is 6.10 Å². The Bertz CT molecular complexity index is 965. The average Bonchev–Trinajstić information content (AvgIpc) is 3.47. The summed E-state index contributed by atoms with van der Waals surface area (Å²) in [7, 11) is 0. The lowest BCUT2D eigenvalue weighted by Gasteiger charge is -2.24. The van der Waals surface area contributed by atoms with Gasteiger partial charge in [0.15, 0.2) is 0 Å². The molecule has 0 bridgehead atoms. The van der Waals surface area contributed by atoms with Crippen molar-refractivity contribution in [3.63, 3.8) is 0 Å². The van der Waals surface area contributed by atoms with Gasteiger partial charge >= 0.3 is 5.97 Å². The number of ether oxygens (including phenoxy) is 1. The summed E-state index contributed by atoms with van der Waals surface area (Å²) in [6.07, 6.45) is 5.59. The molecule has 2 atom stereocenters. The molecule has 2 N–H and O–H groups in total. The van der Waals surface area contributed by atoms with Crippen LogP contribution in [0.3, 0.4) is 0 Å². The Labute approximate surface area is 180 Å². The number of aliphatic hydroxyl groups is 1. The maximum absolute atomic E-state index is 12.8. The average molecular weight is 434 g/mol. The number of thiophene rings is 1. The Hall–Kier alpha value is -1.77. The standard InChI is InChI=1S/C22H31N3O4S/c1-3-4-19(27)29-12-15(26)10-25(14-6-7-14)11-18-23-21(28)20-16-8-5-13(2)9-17(16)30-22(20)24-18/h13-15,26H,3-12H2,1-2H3,(H,23,24,28). The van der Waals surface area contributed by atoms with Crippen LogP contribution in [0.5, 0.6) is 0 Å². The van der Waals surface area contributed by atoms with Crippen molar-refractivity contribution in [2.45, 2.75) is 77.5 Å². The number of nitrogens with zero attached hydrogens (tertiary/aromatic N) is 2. The SMILES string of the molecule is CCCC(=O)OCC(O)CN(Cc1nc2sc3c(c2c(=O)[nH]1)CCC(C)C3)C1CC1. The molecule has 8 heteroatoms. The van der Waals surface area contributed by atoms with Crippen LogP contribution < -0.4 is 5.56 Å². The highest BCUT2D eigenvalue weighted by Crippen LogP contribution is 2.36. The van der Waals surface area contributed by atoms with Crippen LogP contribution in [0.4, 0.5) is 0 Å². The molecule has 30 heavy (non-hydrogen) atoms. The number of rotatable bonds is 9. The highest BCUT2D eigenvalue weighted by Gasteiger charge is 2.31. The van der Waals surface area contributed by atoms with E-state index >= 15 is 0 Å². The molecule has 2 unspecified atom stereocenters. The first-order valence-corrected chi connectivity index (χ1v) is 11.9. The van der Waals surface area contributed by atoms with Gasteiger partial charge in [0.25, 0.3) is 5.56 Å². The van der Waals surface area contributed by atoms with Crippen LogP contribution >= 0.6 is 11.3 Å². The second-order valence-electron chi connectivity index (χ2n) is 8.79. The van der Waals surface area contributed by atoms with Crippen molar-refractivity contribution in [2.75, 3.05) is 13.2 Å². The second-order valence-corrected chi connectivity index (χ2v) is 9.88. The Morgan fingerprint density at radius 1 is 1.40 bits per heavy atom. The molecule has 2 heterocycles. The zero-order chi connectivity index (χ0) is 21.3. The Morgan fingerprint density at radius 2 is 2.20 bits per heavy atom. The largest absolute Gasteiger partial charge is 0.463 e. The summed E-state index contributed by atoms with van der Waals surface area (Å²) in [5.41, 5.74) is 1.14. The summed E-state index contributed by atoms with van der Waals surface area (Å²) in [4.78, 5) is 36.4. The summed E-state index contributed by atoms with van der Waals surface area (Å²) in [6, 6.07) is 0.379. The summed E-state index contributed by atoms with van der Waals surface area (Å²) in [5.74, 6) is 1.02. The molecule has 2 aliphatic carbocycles. The first-order chi connectivity index (χ1) is 14.4. The van der Waals surface area contributed by atoms with Crippen molar-refractivity contribution >= 4 is 27.5 Å². The monoisotopic (exact) mass is 433 g/mol. The van der Waals surface area contributed by atoms with E-state index in [4.69, 9.17) is 9.72 Å². The zero-order valence-corrected chi connectivity index (χ0v) is 18.6. The molecule has 7 nitrogen and oxygen atoms in total. The lowest BCUT2D eigenvalue weighted by molar-refractivity contribution is -0.147. The highest BCUT2D eigenvalue weighted by atomic mass is 32.1. The van der Waals surface area contributed by atoms with Crippen molar-refractivity contribution < 1.29 is 14.6 Å². The number of aliphatic hydroxyl groups excluding tert-OH is 1. The molecule has 0 amide bonds. The quantitative estimate of drug-likeness (QED) is 0.591. The van der Waals surface area contributed by atoms with Gasteiger partial charge in [0.2, 0.25) is 0 Å². The van der Waals surface area contributed by atoms with Gasteiger partial charge in [-0.25, -0.2) is 4.98 Å². The van der Waals surface area contributed by atoms with Gasteiger partial charge in [0, 0.05) is 23.9 Å². The van der Waals surface area contributed by atoms with Gasteiger partial charge in [-0.2, -0.15) is 0 Å². The number of H-pyrrole nitrogens is 1. The summed E-state index contributed by atoms with van der Waals surface area (Å²) >= 11 is 1.66. The van der Waals surface area contributed by atoms with E-state index in [1.807, 2.05) is 6.92 Å². The maximum atomic E-state index is 12.8. The van der Waals surface area contributed by atoms with E-state index in [0.717, 1.165) is 48.7 Å². The van der Waals surface area contributed by atoms with Crippen LogP contribution in [0, 0.1) is 5.92 Å². The van der Waals surface area contributed by atoms with Gasteiger partial charge in [-0.15, -0.1) is 11.3 Å². The van der Waals surface area contributed by atoms with Gasteiger partial charge < -0.3 is 14.8 Å². The van der Waals surface area contributed by atoms with E-state index in [0.29, 0.717) is 37.3 Å². The van der Waals surface area contributed by atoms with E-state index in [-0.39, 0.29) is 18.1 Å². The molecule has 1 fully saturated rings. The minimum Gasteiger partial charge on any atom is -0.463 e. The molecule has 0 spiro atoms. The van der Waals surface area contributed by atoms with Crippen LogP contribution in [0.2, 0.25) is 0 Å². The summed E-state index contributed by atoms with van der Waals surface area (Å²) < 4.78 is 5.14. The molecule has 4 rings (SSSR count). The molecule has 2 aromatic heterocycles. The minimum absolute atomic E-state index is 0.000859. The van der Waals surface area contributed by atoms with Crippen LogP contribution in [-0.4, -0.2) is 51.2 Å². The number of hydrogen-bond donors (Lipinski definition) is 2. The van der Waals surface area contributed by atoms with Crippen LogP contribution in [0.25, 0.3) is 10.2 Å². The van der Waals surface area contributed by atoms with Crippen molar-refractivity contribution in [2.24, 2.45) is 5.92 Å². The maximum Gasteiger partial charge on any atom is 0.305 e. The summed E-state index contributed by atoms with van der Waals surface area (Å²) in [5, 5.41) is 11.1. The predicted octanol–water partition coefficient (Wildman–Crippen LogP) is 2.78. The first kappa shape index (κ1) is 21.5. The van der Waals surface area contributed by atoms with Gasteiger partial charge in [-0.1, -0.05) is 13.8 Å². The van der Waals surface area contributed by atoms with Crippen molar-refractivity contribution in [1.29, 1.82) is 0 Å². The van der Waals surface area contributed by atoms with E-state index in [1.165, 1.54) is 10.4 Å². The minimum atomic E-state index is -0.752. The predicted molar refractivity (Wildman–Crippen MR) is 117 cm³/mol. The third-order valence-corrected chi connectivity index (χ3v) is 7.11. The van der Waals surface area contributed by atoms with E-state index in [9.17, 15) is 14.7 Å². The Morgan fingerprint density at radius 3 is 2.93 bits per heavy atom. The number of esters is 1. The number of nitrogens with one attached hydrogen (secondary N) is 1. The van der Waals surface area contributed by atoms with Gasteiger partial charge in [-0.3, -0.25) is 14.5 Å². The molecule has 1 saturated carbocycles. The van der Waals surface area contributed by atoms with E-state index in [1.54, 1.807) is 11.3 Å². The number of aromatic amines is 1. The smallest absolute Gasteiger partial charge is 0.305 e. The van der Waals surface area contributed by atoms with Crippen LogP contribution in [-0.2, 0) is 28.9 Å². The number of carbonyl (C=O) groups is 1. The summed E-state index contributed by atoms with van der Waals surface area (Å²) in [6.45, 7) is 5.05. The first-order valence-electron chi connectivity index (χ1n) is 11.1. The molecule has 0 aliphatic heterocycles.